The van der Waals surface area contributed by atoms with Crippen LogP contribution in [0.25, 0.3) is 0 Å². The Labute approximate surface area is 104 Å². The van der Waals surface area contributed by atoms with Crippen LogP contribution in [0.15, 0.2) is 12.3 Å². The summed E-state index contributed by atoms with van der Waals surface area (Å²) in [6.07, 6.45) is 5.71. The molecule has 2 unspecified atom stereocenters. The molecule has 94 valence electrons. The van der Waals surface area contributed by atoms with E-state index in [9.17, 15) is 0 Å². The second-order valence-corrected chi connectivity index (χ2v) is 5.05. The fourth-order valence-electron chi connectivity index (χ4n) is 2.88. The van der Waals surface area contributed by atoms with Crippen LogP contribution in [0.3, 0.4) is 0 Å². The van der Waals surface area contributed by atoms with E-state index >= 15 is 0 Å². The Balaban J connectivity index is 2.40. The normalized spacial score (nSPS) is 24.4. The van der Waals surface area contributed by atoms with E-state index in [4.69, 9.17) is 5.73 Å². The van der Waals surface area contributed by atoms with E-state index in [1.54, 1.807) is 0 Å². The molecule has 0 aromatic carbocycles. The average Bonchev–Trinajstić information content (AvgIpc) is 2.70. The van der Waals surface area contributed by atoms with Gasteiger partial charge in [0.15, 0.2) is 0 Å². The summed E-state index contributed by atoms with van der Waals surface area (Å²) in [5, 5.41) is 0. The molecule has 1 aliphatic heterocycles. The summed E-state index contributed by atoms with van der Waals surface area (Å²) in [5.41, 5.74) is 9.38. The number of nitrogens with zero attached hydrogens (tertiary/aromatic N) is 2. The van der Waals surface area contributed by atoms with Gasteiger partial charge in [-0.2, -0.15) is 0 Å². The molecule has 1 fully saturated rings. The van der Waals surface area contributed by atoms with Gasteiger partial charge in [0, 0.05) is 41.8 Å². The second-order valence-electron chi connectivity index (χ2n) is 5.05. The summed E-state index contributed by atoms with van der Waals surface area (Å²) in [6, 6.07) is 3.47. The summed E-state index contributed by atoms with van der Waals surface area (Å²) in [4.78, 5) is 6.90. The van der Waals surface area contributed by atoms with Crippen molar-refractivity contribution in [3.05, 3.63) is 23.5 Å². The number of pyridine rings is 1. The number of nitrogens with two attached hydrogens (primary N) is 1. The zero-order valence-corrected chi connectivity index (χ0v) is 11.1. The lowest BCUT2D eigenvalue weighted by Gasteiger charge is -2.32. The SMILES string of the molecule is CCC1CCC(C)N1c1cc(C)ncc1CN. The highest BCUT2D eigenvalue weighted by Gasteiger charge is 2.30. The minimum Gasteiger partial charge on any atom is -0.365 e. The molecule has 0 amide bonds. The van der Waals surface area contributed by atoms with Crippen molar-refractivity contribution in [3.63, 3.8) is 0 Å². The third-order valence-electron chi connectivity index (χ3n) is 3.85. The van der Waals surface area contributed by atoms with Crippen molar-refractivity contribution < 1.29 is 0 Å². The quantitative estimate of drug-likeness (QED) is 0.872. The van der Waals surface area contributed by atoms with Crippen molar-refractivity contribution in [1.29, 1.82) is 0 Å². The summed E-state index contributed by atoms with van der Waals surface area (Å²) >= 11 is 0. The zero-order chi connectivity index (χ0) is 12.4. The third kappa shape index (κ3) is 2.29. The van der Waals surface area contributed by atoms with Crippen molar-refractivity contribution in [1.82, 2.24) is 4.98 Å². The zero-order valence-electron chi connectivity index (χ0n) is 11.1. The lowest BCUT2D eigenvalue weighted by Crippen LogP contribution is -2.35. The molecule has 2 rings (SSSR count). The second kappa shape index (κ2) is 5.05. The van der Waals surface area contributed by atoms with Crippen molar-refractivity contribution in [3.8, 4) is 0 Å². The Morgan fingerprint density at radius 1 is 1.47 bits per heavy atom. The van der Waals surface area contributed by atoms with Gasteiger partial charge in [-0.05, 0) is 39.2 Å². The van der Waals surface area contributed by atoms with Crippen LogP contribution in [-0.2, 0) is 6.54 Å². The smallest absolute Gasteiger partial charge is 0.0450 e. The molecule has 2 atom stereocenters. The maximum atomic E-state index is 5.83. The lowest BCUT2D eigenvalue weighted by molar-refractivity contribution is 0.624. The standard InChI is InChI=1S/C14H23N3/c1-4-13-6-5-11(3)17(13)14-7-10(2)16-9-12(14)8-15/h7,9,11,13H,4-6,8,15H2,1-3H3. The summed E-state index contributed by atoms with van der Waals surface area (Å²) in [5.74, 6) is 0. The molecule has 1 aromatic heterocycles. The molecular formula is C14H23N3. The predicted molar refractivity (Wildman–Crippen MR) is 72.1 cm³/mol. The maximum absolute atomic E-state index is 5.83. The van der Waals surface area contributed by atoms with E-state index < -0.39 is 0 Å². The van der Waals surface area contributed by atoms with Crippen LogP contribution in [-0.4, -0.2) is 17.1 Å². The minimum absolute atomic E-state index is 0.572. The molecule has 17 heavy (non-hydrogen) atoms. The molecule has 0 aliphatic carbocycles. The van der Waals surface area contributed by atoms with Crippen LogP contribution in [0.2, 0.25) is 0 Å². The van der Waals surface area contributed by atoms with Gasteiger partial charge in [0.25, 0.3) is 0 Å². The molecule has 0 spiro atoms. The Kier molecular flexibility index (Phi) is 3.67. The fraction of sp³-hybridized carbons (Fsp3) is 0.643. The van der Waals surface area contributed by atoms with E-state index in [0.717, 1.165) is 5.69 Å². The number of anilines is 1. The molecular weight excluding hydrogens is 210 g/mol. The Morgan fingerprint density at radius 3 is 2.88 bits per heavy atom. The average molecular weight is 233 g/mol. The molecule has 1 saturated heterocycles. The van der Waals surface area contributed by atoms with Crippen LogP contribution in [0.5, 0.6) is 0 Å². The van der Waals surface area contributed by atoms with Crippen molar-refractivity contribution in [2.75, 3.05) is 4.90 Å². The Bertz CT molecular complexity index is 389. The molecule has 1 aromatic rings. The van der Waals surface area contributed by atoms with E-state index in [2.05, 4.69) is 29.8 Å². The Morgan fingerprint density at radius 2 is 2.24 bits per heavy atom. The number of aromatic nitrogens is 1. The summed E-state index contributed by atoms with van der Waals surface area (Å²) in [6.45, 7) is 7.20. The predicted octanol–water partition coefficient (Wildman–Crippen LogP) is 2.62. The van der Waals surface area contributed by atoms with Crippen molar-refractivity contribution in [2.24, 2.45) is 5.73 Å². The maximum Gasteiger partial charge on any atom is 0.0450 e. The van der Waals surface area contributed by atoms with Gasteiger partial charge in [0.2, 0.25) is 0 Å². The molecule has 0 bridgehead atoms. The van der Waals surface area contributed by atoms with E-state index in [0.29, 0.717) is 18.6 Å². The van der Waals surface area contributed by atoms with E-state index in [-0.39, 0.29) is 0 Å². The number of hydrogen-bond acceptors (Lipinski definition) is 3. The first-order valence-electron chi connectivity index (χ1n) is 6.61. The highest BCUT2D eigenvalue weighted by Crippen LogP contribution is 2.34. The first kappa shape index (κ1) is 12.4. The van der Waals surface area contributed by atoms with Crippen LogP contribution in [0.4, 0.5) is 5.69 Å². The first-order valence-corrected chi connectivity index (χ1v) is 6.61. The van der Waals surface area contributed by atoms with Crippen LogP contribution in [0.1, 0.15) is 44.4 Å². The molecule has 2 heterocycles. The summed E-state index contributed by atoms with van der Waals surface area (Å²) < 4.78 is 0. The van der Waals surface area contributed by atoms with Gasteiger partial charge in [-0.3, -0.25) is 4.98 Å². The molecule has 0 saturated carbocycles. The highest BCUT2D eigenvalue weighted by atomic mass is 15.2. The molecule has 3 nitrogen and oxygen atoms in total. The lowest BCUT2D eigenvalue weighted by atomic mass is 10.1. The number of rotatable bonds is 3. The third-order valence-corrected chi connectivity index (χ3v) is 3.85. The molecule has 2 N–H and O–H groups in total. The van der Waals surface area contributed by atoms with Gasteiger partial charge in [0.1, 0.15) is 0 Å². The van der Waals surface area contributed by atoms with Crippen molar-refractivity contribution >= 4 is 5.69 Å². The highest BCUT2D eigenvalue weighted by molar-refractivity contribution is 5.56. The molecule has 1 aliphatic rings. The Hall–Kier alpha value is -1.09. The largest absolute Gasteiger partial charge is 0.365 e. The topological polar surface area (TPSA) is 42.2 Å². The van der Waals surface area contributed by atoms with Gasteiger partial charge in [-0.15, -0.1) is 0 Å². The van der Waals surface area contributed by atoms with Gasteiger partial charge in [0.05, 0.1) is 0 Å². The van der Waals surface area contributed by atoms with Gasteiger partial charge < -0.3 is 10.6 Å². The number of hydrogen-bond donors (Lipinski definition) is 1. The molecule has 0 radical (unpaired) electrons. The summed E-state index contributed by atoms with van der Waals surface area (Å²) in [7, 11) is 0. The minimum atomic E-state index is 0.572. The van der Waals surface area contributed by atoms with Gasteiger partial charge in [-0.25, -0.2) is 0 Å². The van der Waals surface area contributed by atoms with Crippen LogP contribution in [0, 0.1) is 6.92 Å². The monoisotopic (exact) mass is 233 g/mol. The van der Waals surface area contributed by atoms with E-state index in [1.807, 2.05) is 13.1 Å². The number of aryl methyl sites for hydroxylation is 1. The molecule has 3 heteroatoms. The van der Waals surface area contributed by atoms with Crippen LogP contribution >= 0.6 is 0 Å². The van der Waals surface area contributed by atoms with Crippen LogP contribution < -0.4 is 10.6 Å². The van der Waals surface area contributed by atoms with Gasteiger partial charge >= 0.3 is 0 Å². The first-order chi connectivity index (χ1) is 8.17. The van der Waals surface area contributed by atoms with Crippen molar-refractivity contribution in [2.45, 2.75) is 58.7 Å². The van der Waals surface area contributed by atoms with E-state index in [1.165, 1.54) is 30.5 Å². The fourth-order valence-corrected chi connectivity index (χ4v) is 2.88. The van der Waals surface area contributed by atoms with Gasteiger partial charge in [-0.1, -0.05) is 6.92 Å².